The zero-order valence-electron chi connectivity index (χ0n) is 30.5. The smallest absolute Gasteiger partial charge is 0.0540 e. The first-order valence-corrected chi connectivity index (χ1v) is 18.9. The predicted octanol–water partition coefficient (Wildman–Crippen LogP) is 14.8. The fraction of sp³-hybridized carbons (Fsp3) is 0.0566. The molecular formula is C53H39N. The van der Waals surface area contributed by atoms with Gasteiger partial charge in [-0.3, -0.25) is 0 Å². The minimum absolute atomic E-state index is 0.185. The highest BCUT2D eigenvalue weighted by atomic mass is 15.1. The molecule has 0 radical (unpaired) electrons. The predicted molar refractivity (Wildman–Crippen MR) is 230 cm³/mol. The maximum atomic E-state index is 2.50. The van der Waals surface area contributed by atoms with Crippen molar-refractivity contribution >= 4 is 38.6 Å². The third kappa shape index (κ3) is 5.16. The summed E-state index contributed by atoms with van der Waals surface area (Å²) in [4.78, 5) is 2.50. The van der Waals surface area contributed by atoms with Crippen molar-refractivity contribution in [3.05, 3.63) is 211 Å². The fourth-order valence-electron chi connectivity index (χ4n) is 8.91. The Hall–Kier alpha value is -6.70. The van der Waals surface area contributed by atoms with Gasteiger partial charge >= 0.3 is 0 Å². The molecule has 0 heterocycles. The van der Waals surface area contributed by atoms with Crippen molar-refractivity contribution in [3.63, 3.8) is 0 Å². The summed E-state index contributed by atoms with van der Waals surface area (Å²) in [6.45, 7) is 4.75. The molecule has 1 nitrogen and oxygen atoms in total. The van der Waals surface area contributed by atoms with Crippen molar-refractivity contribution in [3.8, 4) is 44.5 Å². The van der Waals surface area contributed by atoms with Crippen molar-refractivity contribution in [2.45, 2.75) is 19.3 Å². The van der Waals surface area contributed by atoms with E-state index in [1.165, 1.54) is 82.9 Å². The van der Waals surface area contributed by atoms with Gasteiger partial charge in [-0.15, -0.1) is 0 Å². The van der Waals surface area contributed by atoms with E-state index in [0.29, 0.717) is 0 Å². The van der Waals surface area contributed by atoms with E-state index in [2.05, 4.69) is 219 Å². The van der Waals surface area contributed by atoms with Gasteiger partial charge in [0.25, 0.3) is 0 Å². The monoisotopic (exact) mass is 689 g/mol. The normalized spacial score (nSPS) is 12.8. The first-order valence-electron chi connectivity index (χ1n) is 18.9. The summed E-state index contributed by atoms with van der Waals surface area (Å²) in [6.07, 6.45) is 0. The molecule has 0 aliphatic heterocycles. The minimum Gasteiger partial charge on any atom is -0.310 e. The van der Waals surface area contributed by atoms with Crippen molar-refractivity contribution < 1.29 is 0 Å². The van der Waals surface area contributed by atoms with Crippen molar-refractivity contribution in [1.29, 1.82) is 0 Å². The third-order valence-corrected chi connectivity index (χ3v) is 11.4. The topological polar surface area (TPSA) is 3.24 Å². The van der Waals surface area contributed by atoms with Crippen LogP contribution in [0.1, 0.15) is 25.0 Å². The van der Waals surface area contributed by atoms with Crippen molar-refractivity contribution in [2.75, 3.05) is 4.90 Å². The van der Waals surface area contributed by atoms with Gasteiger partial charge in [0, 0.05) is 16.7 Å². The highest BCUT2D eigenvalue weighted by molar-refractivity contribution is 6.06. The molecule has 0 bridgehead atoms. The number of hydrogen-bond donors (Lipinski definition) is 0. The quantitative estimate of drug-likeness (QED) is 0.168. The van der Waals surface area contributed by atoms with E-state index in [4.69, 9.17) is 0 Å². The number of para-hydroxylation sites is 1. The number of nitrogens with zero attached hydrogens (tertiary/aromatic N) is 1. The lowest BCUT2D eigenvalue weighted by molar-refractivity contribution is 0.661. The standard InChI is InChI=1S/C53H39N/c1-53(2)48-26-10-8-22-46(48)47-25-14-28-50(52(47)53)54(49-27-11-9-21-43(49)41-30-29-36-15-6-7-18-40(36)35-41)42-33-31-38(32-34-42)45-24-13-20-39-19-12-23-44(51(39)45)37-16-4-3-5-17-37/h3-35H,1-2H3. The molecule has 0 N–H and O–H groups in total. The first-order chi connectivity index (χ1) is 26.6. The summed E-state index contributed by atoms with van der Waals surface area (Å²) in [6, 6.07) is 73.4. The van der Waals surface area contributed by atoms with E-state index in [1.54, 1.807) is 0 Å². The summed E-state index contributed by atoms with van der Waals surface area (Å²) in [7, 11) is 0. The van der Waals surface area contributed by atoms with Crippen molar-refractivity contribution in [2.24, 2.45) is 0 Å². The van der Waals surface area contributed by atoms with E-state index in [9.17, 15) is 0 Å². The number of benzene rings is 9. The van der Waals surface area contributed by atoms with Crippen LogP contribution in [0.5, 0.6) is 0 Å². The molecular weight excluding hydrogens is 651 g/mol. The van der Waals surface area contributed by atoms with Gasteiger partial charge in [0.15, 0.2) is 0 Å². The number of hydrogen-bond acceptors (Lipinski definition) is 1. The van der Waals surface area contributed by atoms with Gasteiger partial charge in [0.05, 0.1) is 11.4 Å². The fourth-order valence-corrected chi connectivity index (χ4v) is 8.91. The molecule has 10 rings (SSSR count). The lowest BCUT2D eigenvalue weighted by Crippen LogP contribution is -2.21. The molecule has 9 aromatic rings. The van der Waals surface area contributed by atoms with Crippen LogP contribution in [0.4, 0.5) is 17.1 Å². The Bertz CT molecular complexity index is 2840. The summed E-state index contributed by atoms with van der Waals surface area (Å²) in [5, 5.41) is 5.00. The van der Waals surface area contributed by atoms with Crippen LogP contribution >= 0.6 is 0 Å². The lowest BCUT2D eigenvalue weighted by Gasteiger charge is -2.33. The SMILES string of the molecule is CC1(C)c2ccccc2-c2cccc(N(c3ccc(-c4cccc5cccc(-c6ccccc6)c45)cc3)c3ccccc3-c3ccc4ccccc4c3)c21. The van der Waals surface area contributed by atoms with Crippen LogP contribution in [0, 0.1) is 0 Å². The van der Waals surface area contributed by atoms with Gasteiger partial charge in [0.2, 0.25) is 0 Å². The first kappa shape index (κ1) is 32.0. The molecule has 256 valence electrons. The zero-order chi connectivity index (χ0) is 36.2. The maximum absolute atomic E-state index is 2.50. The average Bonchev–Trinajstić information content (AvgIpc) is 3.47. The number of anilines is 3. The summed E-state index contributed by atoms with van der Waals surface area (Å²) in [5.41, 5.74) is 15.9. The molecule has 0 unspecified atom stereocenters. The zero-order valence-corrected chi connectivity index (χ0v) is 30.5. The third-order valence-electron chi connectivity index (χ3n) is 11.4. The summed E-state index contributed by atoms with van der Waals surface area (Å²) in [5.74, 6) is 0. The molecule has 1 aliphatic carbocycles. The molecule has 0 spiro atoms. The van der Waals surface area contributed by atoms with Crippen LogP contribution < -0.4 is 4.90 Å². The molecule has 0 saturated heterocycles. The molecule has 54 heavy (non-hydrogen) atoms. The largest absolute Gasteiger partial charge is 0.310 e. The van der Waals surface area contributed by atoms with E-state index < -0.39 is 0 Å². The van der Waals surface area contributed by atoms with E-state index >= 15 is 0 Å². The van der Waals surface area contributed by atoms with E-state index in [1.807, 2.05) is 0 Å². The molecule has 0 amide bonds. The molecule has 0 fully saturated rings. The van der Waals surface area contributed by atoms with E-state index in [0.717, 1.165) is 11.4 Å². The Kier molecular flexibility index (Phi) is 7.56. The second-order valence-electron chi connectivity index (χ2n) is 14.9. The van der Waals surface area contributed by atoms with Gasteiger partial charge in [-0.2, -0.15) is 0 Å². The van der Waals surface area contributed by atoms with Gasteiger partial charge in [-0.25, -0.2) is 0 Å². The number of fused-ring (bicyclic) bond motifs is 5. The Labute approximate surface area is 317 Å². The Morgan fingerprint density at radius 2 is 0.889 bits per heavy atom. The van der Waals surface area contributed by atoms with Crippen molar-refractivity contribution in [1.82, 2.24) is 0 Å². The molecule has 1 aliphatic rings. The highest BCUT2D eigenvalue weighted by Crippen LogP contribution is 2.55. The van der Waals surface area contributed by atoms with Gasteiger partial charge in [-0.05, 0) is 102 Å². The Morgan fingerprint density at radius 3 is 1.67 bits per heavy atom. The lowest BCUT2D eigenvalue weighted by atomic mass is 9.81. The van der Waals surface area contributed by atoms with Gasteiger partial charge in [0.1, 0.15) is 0 Å². The van der Waals surface area contributed by atoms with Gasteiger partial charge in [-0.1, -0.05) is 184 Å². The Morgan fingerprint density at radius 1 is 0.352 bits per heavy atom. The molecule has 9 aromatic carbocycles. The molecule has 1 heteroatoms. The van der Waals surface area contributed by atoms with Crippen LogP contribution in [0.15, 0.2) is 200 Å². The summed E-state index contributed by atoms with van der Waals surface area (Å²) >= 11 is 0. The van der Waals surface area contributed by atoms with Crippen LogP contribution in [0.2, 0.25) is 0 Å². The molecule has 0 aromatic heterocycles. The Balaban J connectivity index is 1.18. The van der Waals surface area contributed by atoms with Crippen LogP contribution in [0.3, 0.4) is 0 Å². The number of rotatable bonds is 6. The summed E-state index contributed by atoms with van der Waals surface area (Å²) < 4.78 is 0. The second kappa shape index (κ2) is 12.8. The highest BCUT2D eigenvalue weighted by Gasteiger charge is 2.39. The average molecular weight is 690 g/mol. The molecule has 0 saturated carbocycles. The van der Waals surface area contributed by atoms with E-state index in [-0.39, 0.29) is 5.41 Å². The second-order valence-corrected chi connectivity index (χ2v) is 14.9. The van der Waals surface area contributed by atoms with Crippen LogP contribution in [0.25, 0.3) is 66.1 Å². The van der Waals surface area contributed by atoms with Crippen LogP contribution in [-0.2, 0) is 5.41 Å². The van der Waals surface area contributed by atoms with Crippen LogP contribution in [-0.4, -0.2) is 0 Å². The maximum Gasteiger partial charge on any atom is 0.0540 e. The minimum atomic E-state index is -0.185. The van der Waals surface area contributed by atoms with Gasteiger partial charge < -0.3 is 4.90 Å². The molecule has 0 atom stereocenters.